The van der Waals surface area contributed by atoms with Gasteiger partial charge < -0.3 is 0 Å². The Labute approximate surface area is 311 Å². The number of imidazole rings is 2. The summed E-state index contributed by atoms with van der Waals surface area (Å²) in [4.78, 5) is 5.39. The van der Waals surface area contributed by atoms with Gasteiger partial charge >= 0.3 is 0 Å². The SMILES string of the molecule is c1ccc(-c2cc(-c3ccccc3)c(-c3cc4c5cc6ccccc6cc5n5c4c(c3)n3c4cc6ccccc6cc4nc35)c(-c3ccccc3)c2)cc1. The van der Waals surface area contributed by atoms with Gasteiger partial charge in [0.1, 0.15) is 0 Å². The molecule has 0 spiro atoms. The Balaban J connectivity index is 1.28. The van der Waals surface area contributed by atoms with Crippen molar-refractivity contribution in [2.24, 2.45) is 0 Å². The predicted octanol–water partition coefficient (Wildman–Crippen LogP) is 13.5. The summed E-state index contributed by atoms with van der Waals surface area (Å²) in [5.74, 6) is 0.939. The van der Waals surface area contributed by atoms with E-state index in [1.54, 1.807) is 0 Å². The normalized spacial score (nSPS) is 12.1. The lowest BCUT2D eigenvalue weighted by molar-refractivity contribution is 1.22. The van der Waals surface area contributed by atoms with Gasteiger partial charge in [-0.15, -0.1) is 0 Å². The number of hydrogen-bond donors (Lipinski definition) is 0. The van der Waals surface area contributed by atoms with Crippen molar-refractivity contribution in [1.82, 2.24) is 13.8 Å². The van der Waals surface area contributed by atoms with Gasteiger partial charge in [-0.05, 0) is 115 Å². The van der Waals surface area contributed by atoms with E-state index in [0.29, 0.717) is 0 Å². The van der Waals surface area contributed by atoms with Crippen molar-refractivity contribution in [2.45, 2.75) is 0 Å². The molecular weight excluding hydrogens is 655 g/mol. The molecule has 0 unspecified atom stereocenters. The molecule has 12 rings (SSSR count). The highest BCUT2D eigenvalue weighted by Gasteiger charge is 2.25. The van der Waals surface area contributed by atoms with Gasteiger partial charge in [-0.25, -0.2) is 4.98 Å². The maximum atomic E-state index is 5.39. The highest BCUT2D eigenvalue weighted by Crippen LogP contribution is 2.47. The molecule has 0 atom stereocenters. The standard InChI is InChI=1S/C51H31N3/c1-4-14-32(15-5-1)39-25-41(33-16-6-2-7-17-33)49(42(26-39)34-18-8-3-9-19-34)40-27-44-43-24-35-20-10-12-22-37(35)29-46(43)54-50(44)48(31-40)53-47-30-38-23-13-11-21-36(38)28-45(47)52-51(53)54/h1-31H. The third kappa shape index (κ3) is 4.21. The van der Waals surface area contributed by atoms with Gasteiger partial charge in [0.25, 0.3) is 0 Å². The van der Waals surface area contributed by atoms with Crippen LogP contribution in [0.2, 0.25) is 0 Å². The molecule has 0 radical (unpaired) electrons. The molecule has 0 N–H and O–H groups in total. The zero-order valence-corrected chi connectivity index (χ0v) is 29.2. The van der Waals surface area contributed by atoms with Crippen LogP contribution in [0, 0.1) is 0 Å². The molecule has 0 aliphatic heterocycles. The molecule has 0 bridgehead atoms. The van der Waals surface area contributed by atoms with Crippen molar-refractivity contribution >= 4 is 65.7 Å². The average molecular weight is 686 g/mol. The molecule has 0 amide bonds. The van der Waals surface area contributed by atoms with Gasteiger partial charge in [-0.3, -0.25) is 8.80 Å². The Morgan fingerprint density at radius 2 is 0.852 bits per heavy atom. The first-order valence-corrected chi connectivity index (χ1v) is 18.5. The molecule has 3 heteroatoms. The first-order valence-electron chi connectivity index (χ1n) is 18.5. The maximum Gasteiger partial charge on any atom is 0.220 e. The molecule has 250 valence electrons. The fourth-order valence-corrected chi connectivity index (χ4v) is 8.91. The van der Waals surface area contributed by atoms with Crippen molar-refractivity contribution in [3.05, 3.63) is 188 Å². The minimum Gasteiger partial charge on any atom is -0.277 e. The van der Waals surface area contributed by atoms with Crippen molar-refractivity contribution in [1.29, 1.82) is 0 Å². The summed E-state index contributed by atoms with van der Waals surface area (Å²) in [5, 5.41) is 7.33. The smallest absolute Gasteiger partial charge is 0.220 e. The Hall–Kier alpha value is -7.23. The number of aromatic nitrogens is 3. The lowest BCUT2D eigenvalue weighted by atomic mass is 9.84. The van der Waals surface area contributed by atoms with E-state index >= 15 is 0 Å². The van der Waals surface area contributed by atoms with E-state index in [2.05, 4.69) is 197 Å². The zero-order chi connectivity index (χ0) is 35.3. The van der Waals surface area contributed by atoms with E-state index in [0.717, 1.165) is 22.3 Å². The molecule has 9 aromatic carbocycles. The van der Waals surface area contributed by atoms with E-state index in [9.17, 15) is 0 Å². The van der Waals surface area contributed by atoms with Crippen LogP contribution in [0.3, 0.4) is 0 Å². The summed E-state index contributed by atoms with van der Waals surface area (Å²) in [6, 6.07) is 68.7. The van der Waals surface area contributed by atoms with Crippen LogP contribution in [0.15, 0.2) is 188 Å². The Bertz CT molecular complexity index is 3350. The van der Waals surface area contributed by atoms with E-state index in [-0.39, 0.29) is 0 Å². The maximum absolute atomic E-state index is 5.39. The van der Waals surface area contributed by atoms with Gasteiger partial charge in [-0.2, -0.15) is 0 Å². The minimum atomic E-state index is 0.939. The van der Waals surface area contributed by atoms with E-state index in [1.165, 1.54) is 87.9 Å². The van der Waals surface area contributed by atoms with Gasteiger partial charge in [0.2, 0.25) is 5.78 Å². The van der Waals surface area contributed by atoms with Crippen LogP contribution in [0.1, 0.15) is 0 Å². The molecule has 0 aliphatic carbocycles. The molecule has 0 saturated heterocycles. The Morgan fingerprint density at radius 3 is 1.46 bits per heavy atom. The number of fused-ring (bicyclic) bond motifs is 10. The largest absolute Gasteiger partial charge is 0.277 e. The van der Waals surface area contributed by atoms with Gasteiger partial charge in [0.05, 0.1) is 27.6 Å². The van der Waals surface area contributed by atoms with E-state index < -0.39 is 0 Å². The molecule has 0 fully saturated rings. The van der Waals surface area contributed by atoms with Crippen LogP contribution < -0.4 is 0 Å². The lowest BCUT2D eigenvalue weighted by Crippen LogP contribution is -1.94. The zero-order valence-electron chi connectivity index (χ0n) is 29.2. The quantitative estimate of drug-likeness (QED) is 0.181. The number of benzene rings is 9. The monoisotopic (exact) mass is 685 g/mol. The molecule has 3 heterocycles. The van der Waals surface area contributed by atoms with Gasteiger partial charge in [-0.1, -0.05) is 140 Å². The molecule has 12 aromatic rings. The summed E-state index contributed by atoms with van der Waals surface area (Å²) in [6.45, 7) is 0. The Morgan fingerprint density at radius 1 is 0.333 bits per heavy atom. The first kappa shape index (κ1) is 29.4. The highest BCUT2D eigenvalue weighted by molar-refractivity contribution is 6.20. The van der Waals surface area contributed by atoms with Crippen LogP contribution >= 0.6 is 0 Å². The summed E-state index contributed by atoms with van der Waals surface area (Å²) < 4.78 is 4.79. The van der Waals surface area contributed by atoms with Gasteiger partial charge in [0, 0.05) is 10.8 Å². The highest BCUT2D eigenvalue weighted by atomic mass is 15.2. The second-order valence-electron chi connectivity index (χ2n) is 14.4. The summed E-state index contributed by atoms with van der Waals surface area (Å²) in [7, 11) is 0. The average Bonchev–Trinajstić information content (AvgIpc) is 3.87. The van der Waals surface area contributed by atoms with Gasteiger partial charge in [0.15, 0.2) is 0 Å². The van der Waals surface area contributed by atoms with Crippen molar-refractivity contribution < 1.29 is 0 Å². The fraction of sp³-hybridized carbons (Fsp3) is 0. The molecule has 0 aliphatic rings. The van der Waals surface area contributed by atoms with Crippen molar-refractivity contribution in [2.75, 3.05) is 0 Å². The van der Waals surface area contributed by atoms with Crippen molar-refractivity contribution in [3.8, 4) is 44.5 Å². The van der Waals surface area contributed by atoms with E-state index in [1.807, 2.05) is 0 Å². The molecule has 3 aromatic heterocycles. The lowest BCUT2D eigenvalue weighted by Gasteiger charge is -2.19. The molecule has 54 heavy (non-hydrogen) atoms. The molecular formula is C51H31N3. The fourth-order valence-electron chi connectivity index (χ4n) is 8.91. The third-order valence-electron chi connectivity index (χ3n) is 11.4. The van der Waals surface area contributed by atoms with Crippen LogP contribution in [0.5, 0.6) is 0 Å². The number of hydrogen-bond acceptors (Lipinski definition) is 1. The van der Waals surface area contributed by atoms with E-state index in [4.69, 9.17) is 4.98 Å². The summed E-state index contributed by atoms with van der Waals surface area (Å²) in [5.41, 5.74) is 15.2. The molecule has 0 saturated carbocycles. The molecule has 3 nitrogen and oxygen atoms in total. The van der Waals surface area contributed by atoms with Crippen LogP contribution in [-0.2, 0) is 0 Å². The van der Waals surface area contributed by atoms with Crippen LogP contribution in [0.25, 0.3) is 110 Å². The second-order valence-corrected chi connectivity index (χ2v) is 14.4. The summed E-state index contributed by atoms with van der Waals surface area (Å²) >= 11 is 0. The van der Waals surface area contributed by atoms with Crippen LogP contribution in [0.4, 0.5) is 0 Å². The third-order valence-corrected chi connectivity index (χ3v) is 11.4. The number of rotatable bonds is 4. The second kappa shape index (κ2) is 11.1. The first-order chi connectivity index (χ1) is 26.8. The topological polar surface area (TPSA) is 21.7 Å². The van der Waals surface area contributed by atoms with Crippen LogP contribution in [-0.4, -0.2) is 13.8 Å². The van der Waals surface area contributed by atoms with Crippen molar-refractivity contribution in [3.63, 3.8) is 0 Å². The number of nitrogens with zero attached hydrogens (tertiary/aromatic N) is 3. The Kier molecular flexibility index (Phi) is 6.05. The summed E-state index contributed by atoms with van der Waals surface area (Å²) in [6.07, 6.45) is 0. The minimum absolute atomic E-state index is 0.939. The predicted molar refractivity (Wildman–Crippen MR) is 227 cm³/mol.